The van der Waals surface area contributed by atoms with Gasteiger partial charge in [-0.15, -0.1) is 11.3 Å². The molecule has 1 aromatic rings. The first-order valence-electron chi connectivity index (χ1n) is 6.93. The number of likely N-dealkylation sites (N-methyl/N-ethyl adjacent to an activating group) is 1. The maximum atomic E-state index is 5.92. The minimum Gasteiger partial charge on any atom is -0.382 e. The lowest BCUT2D eigenvalue weighted by molar-refractivity contribution is 0.143. The van der Waals surface area contributed by atoms with Gasteiger partial charge in [-0.2, -0.15) is 0 Å². The van der Waals surface area contributed by atoms with E-state index in [9.17, 15) is 0 Å². The Morgan fingerprint density at radius 3 is 2.84 bits per heavy atom. The molecule has 0 saturated carbocycles. The molecule has 0 saturated heterocycles. The van der Waals surface area contributed by atoms with Gasteiger partial charge < -0.3 is 15.0 Å². The van der Waals surface area contributed by atoms with Crippen molar-refractivity contribution in [3.63, 3.8) is 0 Å². The van der Waals surface area contributed by atoms with Gasteiger partial charge in [0.15, 0.2) is 0 Å². The molecule has 0 aliphatic heterocycles. The molecule has 19 heavy (non-hydrogen) atoms. The molecule has 3 nitrogen and oxygen atoms in total. The molecule has 0 aromatic carbocycles. The van der Waals surface area contributed by atoms with Gasteiger partial charge in [0.1, 0.15) is 0 Å². The van der Waals surface area contributed by atoms with Crippen LogP contribution < -0.4 is 5.32 Å². The molecule has 0 amide bonds. The van der Waals surface area contributed by atoms with E-state index in [2.05, 4.69) is 23.3 Å². The predicted molar refractivity (Wildman–Crippen MR) is 84.3 cm³/mol. The maximum absolute atomic E-state index is 5.92. The lowest BCUT2D eigenvalue weighted by Gasteiger charge is -2.15. The second-order valence-corrected chi connectivity index (χ2v) is 6.40. The number of nitrogens with one attached hydrogen (secondary N) is 1. The molecule has 1 aromatic heterocycles. The summed E-state index contributed by atoms with van der Waals surface area (Å²) in [5, 5.41) is 3.46. The van der Waals surface area contributed by atoms with Crippen LogP contribution in [0.15, 0.2) is 12.1 Å². The summed E-state index contributed by atoms with van der Waals surface area (Å²) in [6.45, 7) is 7.89. The molecule has 0 aliphatic rings. The largest absolute Gasteiger partial charge is 0.382 e. The highest BCUT2D eigenvalue weighted by atomic mass is 35.5. The molecular weight excluding hydrogens is 280 g/mol. The van der Waals surface area contributed by atoms with Gasteiger partial charge in [0.05, 0.1) is 4.34 Å². The molecule has 1 heterocycles. The van der Waals surface area contributed by atoms with E-state index in [0.717, 1.165) is 50.1 Å². The lowest BCUT2D eigenvalue weighted by Crippen LogP contribution is -2.29. The van der Waals surface area contributed by atoms with E-state index in [1.807, 2.05) is 13.0 Å². The number of thiophene rings is 1. The van der Waals surface area contributed by atoms with E-state index >= 15 is 0 Å². The number of nitrogens with zero attached hydrogens (tertiary/aromatic N) is 1. The fourth-order valence-corrected chi connectivity index (χ4v) is 2.94. The standard InChI is InChI=1S/C14H25ClN2OS/c1-3-18-11-5-4-8-16-9-10-17(2)12-13-6-7-14(15)19-13/h6-7,16H,3-5,8-12H2,1-2H3. The highest BCUT2D eigenvalue weighted by molar-refractivity contribution is 7.16. The van der Waals surface area contributed by atoms with Crippen molar-refractivity contribution in [3.05, 3.63) is 21.3 Å². The van der Waals surface area contributed by atoms with Crippen molar-refractivity contribution in [1.82, 2.24) is 10.2 Å². The minimum atomic E-state index is 0.824. The Hall–Kier alpha value is -0.130. The third kappa shape index (κ3) is 8.60. The average molecular weight is 305 g/mol. The van der Waals surface area contributed by atoms with Gasteiger partial charge in [0.2, 0.25) is 0 Å². The van der Waals surface area contributed by atoms with E-state index in [1.165, 1.54) is 11.3 Å². The molecule has 0 unspecified atom stereocenters. The van der Waals surface area contributed by atoms with Crippen LogP contribution in [0.25, 0.3) is 0 Å². The van der Waals surface area contributed by atoms with Crippen molar-refractivity contribution < 1.29 is 4.74 Å². The second-order valence-electron chi connectivity index (χ2n) is 4.60. The van der Waals surface area contributed by atoms with Gasteiger partial charge in [-0.05, 0) is 45.5 Å². The van der Waals surface area contributed by atoms with Crippen LogP contribution in [0.1, 0.15) is 24.6 Å². The molecule has 0 spiro atoms. The highest BCUT2D eigenvalue weighted by Crippen LogP contribution is 2.22. The normalized spacial score (nSPS) is 11.4. The van der Waals surface area contributed by atoms with Gasteiger partial charge in [-0.1, -0.05) is 11.6 Å². The van der Waals surface area contributed by atoms with Crippen LogP contribution in [-0.2, 0) is 11.3 Å². The zero-order chi connectivity index (χ0) is 13.9. The SMILES string of the molecule is CCOCCCCNCCN(C)Cc1ccc(Cl)s1. The van der Waals surface area contributed by atoms with Crippen molar-refractivity contribution in [2.45, 2.75) is 26.3 Å². The van der Waals surface area contributed by atoms with E-state index in [4.69, 9.17) is 16.3 Å². The maximum Gasteiger partial charge on any atom is 0.0931 e. The van der Waals surface area contributed by atoms with Crippen LogP contribution in [0.2, 0.25) is 4.34 Å². The highest BCUT2D eigenvalue weighted by Gasteiger charge is 2.02. The molecule has 0 radical (unpaired) electrons. The molecule has 1 rings (SSSR count). The summed E-state index contributed by atoms with van der Waals surface area (Å²) in [7, 11) is 2.14. The number of hydrogen-bond donors (Lipinski definition) is 1. The van der Waals surface area contributed by atoms with E-state index in [-0.39, 0.29) is 0 Å². The molecular formula is C14H25ClN2OS. The first kappa shape index (κ1) is 16.9. The van der Waals surface area contributed by atoms with Crippen LogP contribution in [0.4, 0.5) is 0 Å². The smallest absolute Gasteiger partial charge is 0.0931 e. The summed E-state index contributed by atoms with van der Waals surface area (Å²) < 4.78 is 6.17. The quantitative estimate of drug-likeness (QED) is 0.635. The van der Waals surface area contributed by atoms with Gasteiger partial charge >= 0.3 is 0 Å². The van der Waals surface area contributed by atoms with Crippen LogP contribution >= 0.6 is 22.9 Å². The van der Waals surface area contributed by atoms with Crippen molar-refractivity contribution in [2.24, 2.45) is 0 Å². The molecule has 0 bridgehead atoms. The number of rotatable bonds is 11. The Kier molecular flexibility index (Phi) is 9.47. The second kappa shape index (κ2) is 10.6. The van der Waals surface area contributed by atoms with Crippen molar-refractivity contribution in [3.8, 4) is 0 Å². The van der Waals surface area contributed by atoms with Crippen LogP contribution in [-0.4, -0.2) is 44.8 Å². The Morgan fingerprint density at radius 2 is 2.16 bits per heavy atom. The zero-order valence-electron chi connectivity index (χ0n) is 12.0. The van der Waals surface area contributed by atoms with Gasteiger partial charge in [0, 0.05) is 37.7 Å². The van der Waals surface area contributed by atoms with E-state index in [0.29, 0.717) is 0 Å². The van der Waals surface area contributed by atoms with E-state index < -0.39 is 0 Å². The lowest BCUT2D eigenvalue weighted by atomic mass is 10.3. The topological polar surface area (TPSA) is 24.5 Å². The first-order chi connectivity index (χ1) is 9.22. The Morgan fingerprint density at radius 1 is 1.32 bits per heavy atom. The predicted octanol–water partition coefficient (Wildman–Crippen LogP) is 3.24. The molecule has 0 atom stereocenters. The molecule has 1 N–H and O–H groups in total. The summed E-state index contributed by atoms with van der Waals surface area (Å²) in [6.07, 6.45) is 2.33. The van der Waals surface area contributed by atoms with Gasteiger partial charge in [0.25, 0.3) is 0 Å². The van der Waals surface area contributed by atoms with Gasteiger partial charge in [-0.25, -0.2) is 0 Å². The fraction of sp³-hybridized carbons (Fsp3) is 0.714. The number of halogens is 1. The van der Waals surface area contributed by atoms with Crippen molar-refractivity contribution in [1.29, 1.82) is 0 Å². The van der Waals surface area contributed by atoms with Crippen molar-refractivity contribution >= 4 is 22.9 Å². The molecule has 110 valence electrons. The monoisotopic (exact) mass is 304 g/mol. The van der Waals surface area contributed by atoms with Crippen LogP contribution in [0.5, 0.6) is 0 Å². The molecule has 0 fully saturated rings. The summed E-state index contributed by atoms with van der Waals surface area (Å²) in [6, 6.07) is 4.07. The third-order valence-electron chi connectivity index (χ3n) is 2.82. The van der Waals surface area contributed by atoms with Crippen molar-refractivity contribution in [2.75, 3.05) is 39.9 Å². The number of unbranched alkanes of at least 4 members (excludes halogenated alkanes) is 1. The Bertz CT molecular complexity index is 333. The van der Waals surface area contributed by atoms with Crippen LogP contribution in [0, 0.1) is 0 Å². The summed E-state index contributed by atoms with van der Waals surface area (Å²) in [5.41, 5.74) is 0. The first-order valence-corrected chi connectivity index (χ1v) is 8.13. The third-order valence-corrected chi connectivity index (χ3v) is 4.04. The zero-order valence-corrected chi connectivity index (χ0v) is 13.5. The Labute approximate surface area is 125 Å². The fourth-order valence-electron chi connectivity index (χ4n) is 1.78. The summed E-state index contributed by atoms with van der Waals surface area (Å²) in [4.78, 5) is 3.64. The Balaban J connectivity index is 1.94. The number of ether oxygens (including phenoxy) is 1. The summed E-state index contributed by atoms with van der Waals surface area (Å²) in [5.74, 6) is 0. The van der Waals surface area contributed by atoms with Gasteiger partial charge in [-0.3, -0.25) is 0 Å². The van der Waals surface area contributed by atoms with E-state index in [1.54, 1.807) is 11.3 Å². The summed E-state index contributed by atoms with van der Waals surface area (Å²) >= 11 is 7.58. The van der Waals surface area contributed by atoms with Crippen LogP contribution in [0.3, 0.4) is 0 Å². The molecule has 0 aliphatic carbocycles. The number of hydrogen-bond acceptors (Lipinski definition) is 4. The minimum absolute atomic E-state index is 0.824. The average Bonchev–Trinajstić information content (AvgIpc) is 2.78. The molecule has 5 heteroatoms.